The van der Waals surface area contributed by atoms with E-state index in [2.05, 4.69) is 175 Å². The van der Waals surface area contributed by atoms with Crippen LogP contribution in [0.1, 0.15) is 89.5 Å². The van der Waals surface area contributed by atoms with Crippen molar-refractivity contribution in [2.75, 3.05) is 0 Å². The van der Waals surface area contributed by atoms with Crippen LogP contribution in [-0.4, -0.2) is 0 Å². The molecule has 0 bridgehead atoms. The monoisotopic (exact) mass is 528 g/mol. The van der Waals surface area contributed by atoms with E-state index in [0.29, 0.717) is 0 Å². The predicted octanol–water partition coefficient (Wildman–Crippen LogP) is 11.5. The molecule has 208 valence electrons. The molecule has 0 nitrogen and oxygen atoms in total. The van der Waals surface area contributed by atoms with Crippen molar-refractivity contribution in [3.8, 4) is 0 Å². The summed E-state index contributed by atoms with van der Waals surface area (Å²) in [5.74, 6) is 0. The molecule has 0 heterocycles. The molecule has 0 atom stereocenters. The second-order valence-electron chi connectivity index (χ2n) is 11.3. The zero-order chi connectivity index (χ0) is 28.8. The largest absolute Gasteiger partial charge is 0.0847 e. The lowest BCUT2D eigenvalue weighted by Crippen LogP contribution is -2.26. The number of hydrogen-bond acceptors (Lipinski definition) is 0. The second kappa shape index (κ2) is 15.2. The molecule has 0 aromatic heterocycles. The Morgan fingerprint density at radius 1 is 0.425 bits per heavy atom. The van der Waals surface area contributed by atoms with Gasteiger partial charge < -0.3 is 0 Å². The van der Waals surface area contributed by atoms with E-state index in [1.807, 2.05) is 0 Å². The van der Waals surface area contributed by atoms with Crippen molar-refractivity contribution < 1.29 is 0 Å². The summed E-state index contributed by atoms with van der Waals surface area (Å²) < 4.78 is 0. The summed E-state index contributed by atoms with van der Waals surface area (Å²) >= 11 is 0. The van der Waals surface area contributed by atoms with Gasteiger partial charge >= 0.3 is 0 Å². The van der Waals surface area contributed by atoms with Gasteiger partial charge in [0.05, 0.1) is 0 Å². The smallest absolute Gasteiger partial charge is 0.0234 e. The van der Waals surface area contributed by atoms with Gasteiger partial charge in [0.25, 0.3) is 0 Å². The third kappa shape index (κ3) is 7.72. The maximum atomic E-state index is 2.36. The first kappa shape index (κ1) is 30.9. The van der Waals surface area contributed by atoms with E-state index in [0.717, 1.165) is 25.7 Å². The molecule has 0 aliphatic heterocycles. The van der Waals surface area contributed by atoms with E-state index in [1.165, 1.54) is 33.4 Å². The number of rotatable bonds is 10. The molecule has 4 aromatic carbocycles. The van der Waals surface area contributed by atoms with E-state index in [4.69, 9.17) is 0 Å². The Balaban J connectivity index is 0.000000220. The molecule has 4 aromatic rings. The van der Waals surface area contributed by atoms with Gasteiger partial charge in [0.1, 0.15) is 0 Å². The zero-order valence-electron chi connectivity index (χ0n) is 25.5. The van der Waals surface area contributed by atoms with Gasteiger partial charge in [-0.15, -0.1) is 0 Å². The number of hydrogen-bond donors (Lipinski definition) is 0. The molecule has 0 spiro atoms. The Bertz CT molecular complexity index is 1120. The van der Waals surface area contributed by atoms with Crippen molar-refractivity contribution in [2.45, 2.75) is 78.1 Å². The fraction of sp³-hybridized carbons (Fsp3) is 0.300. The van der Waals surface area contributed by atoms with Crippen LogP contribution in [0.2, 0.25) is 0 Å². The first-order valence-corrected chi connectivity index (χ1v) is 14.9. The van der Waals surface area contributed by atoms with Gasteiger partial charge in [-0.3, -0.25) is 0 Å². The number of benzene rings is 4. The molecule has 0 amide bonds. The van der Waals surface area contributed by atoms with Gasteiger partial charge in [-0.05, 0) is 75.6 Å². The van der Waals surface area contributed by atoms with E-state index < -0.39 is 0 Å². The molecule has 0 saturated carbocycles. The van der Waals surface area contributed by atoms with Crippen LogP contribution >= 0.6 is 0 Å². The molecular formula is C40H48. The highest BCUT2D eigenvalue weighted by Gasteiger charge is 2.32. The Kier molecular flexibility index (Phi) is 11.8. The predicted molar refractivity (Wildman–Crippen MR) is 176 cm³/mol. The highest BCUT2D eigenvalue weighted by molar-refractivity contribution is 5.41. The summed E-state index contributed by atoms with van der Waals surface area (Å²) in [6.07, 6.45) is 9.04. The Morgan fingerprint density at radius 2 is 0.650 bits per heavy atom. The minimum absolute atomic E-state index is 0.0831. The normalized spacial score (nSPS) is 11.2. The third-order valence-electron chi connectivity index (χ3n) is 8.23. The minimum Gasteiger partial charge on any atom is -0.0847 e. The van der Waals surface area contributed by atoms with Gasteiger partial charge in [0, 0.05) is 10.8 Å². The Morgan fingerprint density at radius 3 is 0.825 bits per heavy atom. The van der Waals surface area contributed by atoms with Crippen LogP contribution in [0.15, 0.2) is 145 Å². The zero-order valence-corrected chi connectivity index (χ0v) is 25.5. The van der Waals surface area contributed by atoms with Crippen molar-refractivity contribution in [1.82, 2.24) is 0 Å². The van der Waals surface area contributed by atoms with Crippen molar-refractivity contribution >= 4 is 0 Å². The minimum atomic E-state index is 0.0831. The van der Waals surface area contributed by atoms with Crippen LogP contribution in [0, 0.1) is 0 Å². The summed E-state index contributed by atoms with van der Waals surface area (Å²) in [5, 5.41) is 0. The molecule has 0 aliphatic rings. The highest BCUT2D eigenvalue weighted by Crippen LogP contribution is 2.40. The molecule has 0 N–H and O–H groups in total. The molecule has 40 heavy (non-hydrogen) atoms. The SMILES string of the molecule is CCC(CC=C(C)C)(c1ccccc1)c1ccccc1.CCC(CC=C(C)C)(c1ccccc1)c1ccccc1. The van der Waals surface area contributed by atoms with Crippen molar-refractivity contribution in [2.24, 2.45) is 0 Å². The van der Waals surface area contributed by atoms with Crippen LogP contribution in [0.5, 0.6) is 0 Å². The average molecular weight is 529 g/mol. The van der Waals surface area contributed by atoms with Gasteiger partial charge in [0.15, 0.2) is 0 Å². The summed E-state index contributed by atoms with van der Waals surface area (Å²) in [7, 11) is 0. The Labute approximate surface area is 244 Å². The molecular weight excluding hydrogens is 480 g/mol. The van der Waals surface area contributed by atoms with Crippen molar-refractivity contribution in [1.29, 1.82) is 0 Å². The fourth-order valence-corrected chi connectivity index (χ4v) is 5.70. The van der Waals surface area contributed by atoms with Crippen molar-refractivity contribution in [3.05, 3.63) is 167 Å². The lowest BCUT2D eigenvalue weighted by molar-refractivity contribution is 0.501. The van der Waals surface area contributed by atoms with Gasteiger partial charge in [0.2, 0.25) is 0 Å². The van der Waals surface area contributed by atoms with Crippen LogP contribution < -0.4 is 0 Å². The average Bonchev–Trinajstić information content (AvgIpc) is 3.01. The molecule has 0 aliphatic carbocycles. The molecule has 0 heteroatoms. The first-order valence-electron chi connectivity index (χ1n) is 14.9. The molecule has 0 unspecified atom stereocenters. The van der Waals surface area contributed by atoms with Gasteiger partial charge in [-0.25, -0.2) is 0 Å². The summed E-state index contributed by atoms with van der Waals surface area (Å²) in [6, 6.07) is 43.6. The number of allylic oxidation sites excluding steroid dienone is 4. The van der Waals surface area contributed by atoms with Crippen LogP contribution in [0.25, 0.3) is 0 Å². The van der Waals surface area contributed by atoms with Crippen LogP contribution in [0.4, 0.5) is 0 Å². The van der Waals surface area contributed by atoms with E-state index in [1.54, 1.807) is 0 Å². The van der Waals surface area contributed by atoms with Crippen LogP contribution in [0.3, 0.4) is 0 Å². The highest BCUT2D eigenvalue weighted by atomic mass is 14.3. The van der Waals surface area contributed by atoms with Crippen LogP contribution in [-0.2, 0) is 10.8 Å². The molecule has 4 rings (SSSR count). The van der Waals surface area contributed by atoms with Gasteiger partial charge in [-0.1, -0.05) is 158 Å². The first-order chi connectivity index (χ1) is 19.4. The lowest BCUT2D eigenvalue weighted by atomic mass is 9.70. The van der Waals surface area contributed by atoms with E-state index in [9.17, 15) is 0 Å². The van der Waals surface area contributed by atoms with E-state index >= 15 is 0 Å². The maximum absolute atomic E-state index is 2.36. The summed E-state index contributed by atoms with van der Waals surface area (Å²) in [6.45, 7) is 13.3. The van der Waals surface area contributed by atoms with Gasteiger partial charge in [-0.2, -0.15) is 0 Å². The standard InChI is InChI=1S/2C20H24/c2*1-4-20(16-15-17(2)3,18-11-7-5-8-12-18)19-13-9-6-10-14-19/h2*5-15H,4,16H2,1-3H3. The Hall–Kier alpha value is -3.64. The lowest BCUT2D eigenvalue weighted by Gasteiger charge is -2.33. The van der Waals surface area contributed by atoms with E-state index in [-0.39, 0.29) is 10.8 Å². The van der Waals surface area contributed by atoms with Crippen molar-refractivity contribution in [3.63, 3.8) is 0 Å². The molecule has 0 radical (unpaired) electrons. The summed E-state index contributed by atoms with van der Waals surface area (Å²) in [4.78, 5) is 0. The quantitative estimate of drug-likeness (QED) is 0.180. The fourth-order valence-electron chi connectivity index (χ4n) is 5.70. The third-order valence-corrected chi connectivity index (χ3v) is 8.23. The molecule has 0 fully saturated rings. The topological polar surface area (TPSA) is 0 Å². The second-order valence-corrected chi connectivity index (χ2v) is 11.3. The maximum Gasteiger partial charge on any atom is 0.0234 e. The summed E-state index contributed by atoms with van der Waals surface area (Å²) in [5.41, 5.74) is 8.57. The molecule has 0 saturated heterocycles.